The number of ether oxygens (including phenoxy) is 1. The van der Waals surface area contributed by atoms with Crippen LogP contribution >= 0.6 is 27.7 Å². The van der Waals surface area contributed by atoms with Crippen molar-refractivity contribution in [2.45, 2.75) is 13.8 Å². The SMILES string of the molecule is Cc1cccc(C)c1Oc1ccc2c(c1)c1cc(-c3ccc(Br)c4nsnc34)ccc1n2-c1ccccc1. The quantitative estimate of drug-likeness (QED) is 0.210. The summed E-state index contributed by atoms with van der Waals surface area (Å²) in [6, 6.07) is 33.9. The van der Waals surface area contributed by atoms with E-state index < -0.39 is 0 Å². The summed E-state index contributed by atoms with van der Waals surface area (Å²) in [5, 5.41) is 2.30. The number of rotatable bonds is 4. The number of aromatic nitrogens is 3. The minimum Gasteiger partial charge on any atom is -0.457 e. The Labute approximate surface area is 232 Å². The Kier molecular flexibility index (Phi) is 5.53. The van der Waals surface area contributed by atoms with Gasteiger partial charge in [-0.25, -0.2) is 0 Å². The zero-order chi connectivity index (χ0) is 25.8. The van der Waals surface area contributed by atoms with Crippen molar-refractivity contribution in [2.24, 2.45) is 0 Å². The van der Waals surface area contributed by atoms with Gasteiger partial charge in [-0.3, -0.25) is 0 Å². The van der Waals surface area contributed by atoms with Gasteiger partial charge < -0.3 is 9.30 Å². The minimum absolute atomic E-state index is 0.821. The molecule has 7 aromatic rings. The lowest BCUT2D eigenvalue weighted by atomic mass is 10.0. The molecule has 0 amide bonds. The predicted octanol–water partition coefficient (Wildman–Crippen LogP) is 9.63. The molecule has 38 heavy (non-hydrogen) atoms. The zero-order valence-electron chi connectivity index (χ0n) is 20.8. The maximum Gasteiger partial charge on any atom is 0.133 e. The van der Waals surface area contributed by atoms with E-state index in [1.165, 1.54) is 11.7 Å². The summed E-state index contributed by atoms with van der Waals surface area (Å²) in [5.41, 5.74) is 9.62. The van der Waals surface area contributed by atoms with E-state index in [4.69, 9.17) is 4.74 Å². The van der Waals surface area contributed by atoms with Crippen LogP contribution in [0.15, 0.2) is 102 Å². The summed E-state index contributed by atoms with van der Waals surface area (Å²) in [5.74, 6) is 1.73. The van der Waals surface area contributed by atoms with Crippen LogP contribution in [-0.2, 0) is 0 Å². The van der Waals surface area contributed by atoms with Crippen molar-refractivity contribution in [3.63, 3.8) is 0 Å². The monoisotopic (exact) mass is 575 g/mol. The third-order valence-corrected chi connectivity index (χ3v) is 8.23. The average molecular weight is 577 g/mol. The molecule has 4 nitrogen and oxygen atoms in total. The Morgan fingerprint density at radius 2 is 1.42 bits per heavy atom. The van der Waals surface area contributed by atoms with Crippen molar-refractivity contribution in [3.8, 4) is 28.3 Å². The largest absolute Gasteiger partial charge is 0.457 e. The highest BCUT2D eigenvalue weighted by molar-refractivity contribution is 9.10. The molecule has 0 aliphatic rings. The molecule has 0 aliphatic heterocycles. The van der Waals surface area contributed by atoms with E-state index in [1.807, 2.05) is 12.1 Å². The van der Waals surface area contributed by atoms with Gasteiger partial charge in [0.05, 0.1) is 22.8 Å². The molecule has 184 valence electrons. The van der Waals surface area contributed by atoms with Crippen LogP contribution in [0.3, 0.4) is 0 Å². The first kappa shape index (κ1) is 23.1. The number of hydrogen-bond donors (Lipinski definition) is 0. The van der Waals surface area contributed by atoms with Gasteiger partial charge in [-0.2, -0.15) is 8.75 Å². The van der Waals surface area contributed by atoms with Gasteiger partial charge in [-0.05, 0) is 95.0 Å². The lowest BCUT2D eigenvalue weighted by molar-refractivity contribution is 0.476. The van der Waals surface area contributed by atoms with Crippen LogP contribution in [0.2, 0.25) is 0 Å². The third kappa shape index (κ3) is 3.71. The smallest absolute Gasteiger partial charge is 0.133 e. The first-order chi connectivity index (χ1) is 18.6. The van der Waals surface area contributed by atoms with Crippen molar-refractivity contribution < 1.29 is 4.74 Å². The highest BCUT2D eigenvalue weighted by Crippen LogP contribution is 2.39. The second kappa shape index (κ2) is 9.08. The fourth-order valence-electron chi connectivity index (χ4n) is 5.24. The fraction of sp³-hybridized carbons (Fsp3) is 0.0625. The second-order valence-electron chi connectivity index (χ2n) is 9.46. The zero-order valence-corrected chi connectivity index (χ0v) is 23.2. The third-order valence-electron chi connectivity index (χ3n) is 7.06. The van der Waals surface area contributed by atoms with Crippen LogP contribution in [0.5, 0.6) is 11.5 Å². The highest BCUT2D eigenvalue weighted by Gasteiger charge is 2.17. The van der Waals surface area contributed by atoms with Gasteiger partial charge >= 0.3 is 0 Å². The number of halogens is 1. The normalized spacial score (nSPS) is 11.6. The molecule has 7 rings (SSSR count). The van der Waals surface area contributed by atoms with E-state index in [9.17, 15) is 0 Å². The molecule has 2 aromatic heterocycles. The molecule has 0 fully saturated rings. The molecular formula is C32H22BrN3OS. The van der Waals surface area contributed by atoms with Crippen molar-refractivity contribution in [1.29, 1.82) is 0 Å². The van der Waals surface area contributed by atoms with Crippen LogP contribution in [0, 0.1) is 13.8 Å². The number of para-hydroxylation sites is 2. The van der Waals surface area contributed by atoms with E-state index in [1.54, 1.807) is 0 Å². The Bertz CT molecular complexity index is 1970. The van der Waals surface area contributed by atoms with Gasteiger partial charge in [-0.15, -0.1) is 0 Å². The van der Waals surface area contributed by atoms with Gasteiger partial charge in [0, 0.05) is 26.5 Å². The predicted molar refractivity (Wildman–Crippen MR) is 161 cm³/mol. The van der Waals surface area contributed by atoms with Crippen molar-refractivity contribution in [2.75, 3.05) is 0 Å². The summed E-state index contributed by atoms with van der Waals surface area (Å²) in [6.45, 7) is 4.17. The lowest BCUT2D eigenvalue weighted by Crippen LogP contribution is -1.93. The van der Waals surface area contributed by atoms with Crippen molar-refractivity contribution >= 4 is 60.5 Å². The Hall–Kier alpha value is -4.00. The lowest BCUT2D eigenvalue weighted by Gasteiger charge is -2.12. The van der Waals surface area contributed by atoms with Crippen LogP contribution in [0.25, 0.3) is 49.7 Å². The van der Waals surface area contributed by atoms with E-state index in [2.05, 4.69) is 128 Å². The van der Waals surface area contributed by atoms with Crippen molar-refractivity contribution in [1.82, 2.24) is 13.3 Å². The van der Waals surface area contributed by atoms with E-state index in [-0.39, 0.29) is 0 Å². The molecule has 5 aromatic carbocycles. The number of fused-ring (bicyclic) bond motifs is 4. The standard InChI is InChI=1S/C32H22BrN3OS/c1-19-7-6-8-20(2)32(19)37-23-12-16-29-26(18-23)25-17-21(24-13-14-27(33)31-30(24)34-38-35-31)11-15-28(25)36(29)22-9-4-3-5-10-22/h3-18H,1-2H3. The molecule has 0 saturated carbocycles. The van der Waals surface area contributed by atoms with Gasteiger partial charge in [0.25, 0.3) is 0 Å². The summed E-state index contributed by atoms with van der Waals surface area (Å²) < 4.78 is 18.8. The molecule has 0 spiro atoms. The molecule has 2 heterocycles. The van der Waals surface area contributed by atoms with Crippen LogP contribution in [-0.4, -0.2) is 13.3 Å². The van der Waals surface area contributed by atoms with Crippen molar-refractivity contribution in [3.05, 3.63) is 113 Å². The molecule has 0 bridgehead atoms. The summed E-state index contributed by atoms with van der Waals surface area (Å²) in [4.78, 5) is 0. The molecule has 0 radical (unpaired) electrons. The van der Waals surface area contributed by atoms with Crippen LogP contribution in [0.1, 0.15) is 11.1 Å². The topological polar surface area (TPSA) is 39.9 Å². The van der Waals surface area contributed by atoms with Gasteiger partial charge in [0.15, 0.2) is 0 Å². The average Bonchev–Trinajstić information content (AvgIpc) is 3.55. The number of hydrogen-bond acceptors (Lipinski definition) is 4. The van der Waals surface area contributed by atoms with Crippen LogP contribution in [0.4, 0.5) is 0 Å². The summed E-state index contributed by atoms with van der Waals surface area (Å²) in [7, 11) is 0. The molecular weight excluding hydrogens is 554 g/mol. The number of nitrogens with zero attached hydrogens (tertiary/aromatic N) is 3. The molecule has 0 aliphatic carbocycles. The highest BCUT2D eigenvalue weighted by atomic mass is 79.9. The van der Waals surface area contributed by atoms with E-state index in [0.29, 0.717) is 0 Å². The molecule has 0 saturated heterocycles. The first-order valence-corrected chi connectivity index (χ1v) is 13.9. The van der Waals surface area contributed by atoms with E-state index in [0.717, 1.165) is 76.8 Å². The Morgan fingerprint density at radius 1 is 0.711 bits per heavy atom. The molecule has 6 heteroatoms. The fourth-order valence-corrected chi connectivity index (χ4v) is 6.34. The summed E-state index contributed by atoms with van der Waals surface area (Å²) in [6.07, 6.45) is 0. The first-order valence-electron chi connectivity index (χ1n) is 12.4. The molecule has 0 unspecified atom stereocenters. The van der Waals surface area contributed by atoms with E-state index >= 15 is 0 Å². The number of benzene rings is 5. The Balaban J connectivity index is 1.47. The van der Waals surface area contributed by atoms with Gasteiger partial charge in [0.1, 0.15) is 22.5 Å². The maximum absolute atomic E-state index is 6.46. The van der Waals surface area contributed by atoms with Gasteiger partial charge in [-0.1, -0.05) is 48.5 Å². The molecule has 0 atom stereocenters. The minimum atomic E-state index is 0.821. The summed E-state index contributed by atoms with van der Waals surface area (Å²) >= 11 is 4.85. The van der Waals surface area contributed by atoms with Gasteiger partial charge in [0.2, 0.25) is 0 Å². The second-order valence-corrected chi connectivity index (χ2v) is 10.8. The van der Waals surface area contributed by atoms with Crippen LogP contribution < -0.4 is 4.74 Å². The number of aryl methyl sites for hydroxylation is 2. The molecule has 0 N–H and O–H groups in total. The Morgan fingerprint density at radius 3 is 2.21 bits per heavy atom. The maximum atomic E-state index is 6.46.